The fourth-order valence-electron chi connectivity index (χ4n) is 4.11. The van der Waals surface area contributed by atoms with E-state index in [0.29, 0.717) is 39.5 Å². The molecule has 10 heteroatoms. The Hall–Kier alpha value is -3.21. The molecule has 3 heterocycles. The number of nitrogens with zero attached hydrogens (tertiary/aromatic N) is 2. The molecule has 5 rings (SSSR count). The molecule has 2 aromatic carbocycles. The van der Waals surface area contributed by atoms with Crippen LogP contribution in [0.25, 0.3) is 10.9 Å². The molecule has 0 bridgehead atoms. The first-order valence-corrected chi connectivity index (χ1v) is 13.6. The van der Waals surface area contributed by atoms with Gasteiger partial charge in [0.15, 0.2) is 10.9 Å². The zero-order valence-corrected chi connectivity index (χ0v) is 22.2. The lowest BCUT2D eigenvalue weighted by molar-refractivity contribution is 0.0857. The maximum Gasteiger partial charge on any atom is 0.262 e. The number of Topliss-reactive ketones (excluding diaryl/α,β-unsaturated/α-hetero) is 1. The standard InChI is InChI=1S/C27H24BrN3O5S/c28-19-8-5-17(6-9-19)24(32)16-37-27-30-23-13-18(25(33)29-14-20-3-1-11-35-20)7-10-22(23)26(34)31(27)15-21-4-2-12-36-21/h2,4-10,12-13,20H,1,3,11,14-16H2,(H,29,33)/t20-/m0/s1. The zero-order chi connectivity index (χ0) is 25.8. The molecular weight excluding hydrogens is 558 g/mol. The second-order valence-electron chi connectivity index (χ2n) is 8.66. The Morgan fingerprint density at radius 2 is 1.95 bits per heavy atom. The molecule has 0 radical (unpaired) electrons. The van der Waals surface area contributed by atoms with Crippen LogP contribution in [0, 0.1) is 0 Å². The lowest BCUT2D eigenvalue weighted by Gasteiger charge is -2.13. The average molecular weight is 582 g/mol. The number of halogens is 1. The van der Waals surface area contributed by atoms with Crippen LogP contribution in [-0.4, -0.2) is 46.2 Å². The molecule has 0 unspecified atom stereocenters. The lowest BCUT2D eigenvalue weighted by Crippen LogP contribution is -2.31. The molecule has 37 heavy (non-hydrogen) atoms. The molecule has 2 aromatic heterocycles. The highest BCUT2D eigenvalue weighted by Crippen LogP contribution is 2.22. The third kappa shape index (κ3) is 6.03. The third-order valence-electron chi connectivity index (χ3n) is 6.09. The Balaban J connectivity index is 1.43. The van der Waals surface area contributed by atoms with Crippen LogP contribution in [0.1, 0.15) is 39.3 Å². The van der Waals surface area contributed by atoms with Crippen molar-refractivity contribution < 1.29 is 18.7 Å². The Bertz CT molecular complexity index is 1480. The number of hydrogen-bond donors (Lipinski definition) is 1. The molecule has 0 saturated carbocycles. The largest absolute Gasteiger partial charge is 0.467 e. The number of hydrogen-bond acceptors (Lipinski definition) is 7. The summed E-state index contributed by atoms with van der Waals surface area (Å²) in [6.45, 7) is 1.33. The van der Waals surface area contributed by atoms with Crippen molar-refractivity contribution in [3.8, 4) is 0 Å². The minimum atomic E-state index is -0.272. The van der Waals surface area contributed by atoms with Gasteiger partial charge in [0.1, 0.15) is 5.76 Å². The highest BCUT2D eigenvalue weighted by Gasteiger charge is 2.19. The van der Waals surface area contributed by atoms with Gasteiger partial charge in [-0.15, -0.1) is 0 Å². The van der Waals surface area contributed by atoms with Gasteiger partial charge in [0, 0.05) is 28.8 Å². The number of ether oxygens (including phenoxy) is 1. The van der Waals surface area contributed by atoms with Gasteiger partial charge in [-0.2, -0.15) is 0 Å². The highest BCUT2D eigenvalue weighted by molar-refractivity contribution is 9.10. The van der Waals surface area contributed by atoms with E-state index >= 15 is 0 Å². The minimum absolute atomic E-state index is 0.0302. The fraction of sp³-hybridized carbons (Fsp3) is 0.259. The molecule has 1 atom stereocenters. The summed E-state index contributed by atoms with van der Waals surface area (Å²) in [7, 11) is 0. The summed E-state index contributed by atoms with van der Waals surface area (Å²) < 4.78 is 13.4. The predicted molar refractivity (Wildman–Crippen MR) is 144 cm³/mol. The summed E-state index contributed by atoms with van der Waals surface area (Å²) in [4.78, 5) is 43.7. The summed E-state index contributed by atoms with van der Waals surface area (Å²) in [5, 5.41) is 3.65. The zero-order valence-electron chi connectivity index (χ0n) is 19.8. The Labute approximate surface area is 225 Å². The van der Waals surface area contributed by atoms with Gasteiger partial charge < -0.3 is 14.5 Å². The average Bonchev–Trinajstić information content (AvgIpc) is 3.62. The van der Waals surface area contributed by atoms with Crippen LogP contribution < -0.4 is 10.9 Å². The summed E-state index contributed by atoms with van der Waals surface area (Å²) in [6, 6.07) is 15.5. The topological polar surface area (TPSA) is 103 Å². The van der Waals surface area contributed by atoms with Crippen LogP contribution >= 0.6 is 27.7 Å². The van der Waals surface area contributed by atoms with Crippen LogP contribution in [0.15, 0.2) is 79.7 Å². The van der Waals surface area contributed by atoms with Gasteiger partial charge in [-0.3, -0.25) is 19.0 Å². The number of carbonyl (C=O) groups is 2. The quantitative estimate of drug-likeness (QED) is 0.174. The molecular formula is C27H24BrN3O5S. The first-order chi connectivity index (χ1) is 18.0. The second kappa shape index (κ2) is 11.5. The van der Waals surface area contributed by atoms with Gasteiger partial charge in [0.05, 0.1) is 35.6 Å². The van der Waals surface area contributed by atoms with E-state index < -0.39 is 0 Å². The third-order valence-corrected chi connectivity index (χ3v) is 7.59. The van der Waals surface area contributed by atoms with Crippen LogP contribution in [0.4, 0.5) is 0 Å². The fourth-order valence-corrected chi connectivity index (χ4v) is 5.27. The normalized spacial score (nSPS) is 15.2. The van der Waals surface area contributed by atoms with Crippen molar-refractivity contribution in [2.45, 2.75) is 30.6 Å². The number of ketones is 1. The molecule has 1 aliphatic heterocycles. The first kappa shape index (κ1) is 25.4. The van der Waals surface area contributed by atoms with E-state index in [1.807, 2.05) is 12.1 Å². The number of rotatable bonds is 9. The predicted octanol–water partition coefficient (Wildman–Crippen LogP) is 4.68. The van der Waals surface area contributed by atoms with Crippen molar-refractivity contribution >= 4 is 50.3 Å². The number of fused-ring (bicyclic) bond motifs is 1. The summed E-state index contributed by atoms with van der Waals surface area (Å²) in [6.07, 6.45) is 3.49. The van der Waals surface area contributed by atoms with Gasteiger partial charge >= 0.3 is 0 Å². The van der Waals surface area contributed by atoms with E-state index in [9.17, 15) is 14.4 Å². The van der Waals surface area contributed by atoms with Crippen molar-refractivity contribution in [1.82, 2.24) is 14.9 Å². The van der Waals surface area contributed by atoms with Gasteiger partial charge in [-0.05, 0) is 55.3 Å². The molecule has 0 aliphatic carbocycles. The molecule has 0 spiro atoms. The van der Waals surface area contributed by atoms with Crippen molar-refractivity contribution in [2.75, 3.05) is 18.9 Å². The first-order valence-electron chi connectivity index (χ1n) is 11.9. The van der Waals surface area contributed by atoms with Crippen molar-refractivity contribution in [1.29, 1.82) is 0 Å². The smallest absolute Gasteiger partial charge is 0.262 e. The van der Waals surface area contributed by atoms with E-state index in [0.717, 1.165) is 23.9 Å². The van der Waals surface area contributed by atoms with E-state index in [1.165, 1.54) is 16.3 Å². The van der Waals surface area contributed by atoms with Crippen molar-refractivity contribution in [3.63, 3.8) is 0 Å². The van der Waals surface area contributed by atoms with Crippen molar-refractivity contribution in [2.24, 2.45) is 0 Å². The van der Waals surface area contributed by atoms with Gasteiger partial charge in [-0.25, -0.2) is 4.98 Å². The molecule has 1 aliphatic rings. The molecule has 4 aromatic rings. The molecule has 1 saturated heterocycles. The molecule has 1 amide bonds. The maximum atomic E-state index is 13.5. The number of amides is 1. The molecule has 1 fully saturated rings. The summed E-state index contributed by atoms with van der Waals surface area (Å²) >= 11 is 4.55. The molecule has 1 N–H and O–H groups in total. The summed E-state index contributed by atoms with van der Waals surface area (Å²) in [5.74, 6) is 0.353. The number of thioether (sulfide) groups is 1. The van der Waals surface area contributed by atoms with Crippen molar-refractivity contribution in [3.05, 3.63) is 92.6 Å². The Morgan fingerprint density at radius 1 is 1.14 bits per heavy atom. The maximum absolute atomic E-state index is 13.5. The number of nitrogens with one attached hydrogen (secondary N) is 1. The number of carbonyl (C=O) groups excluding carboxylic acids is 2. The van der Waals surface area contributed by atoms with Crippen LogP contribution in [0.5, 0.6) is 0 Å². The van der Waals surface area contributed by atoms with E-state index in [2.05, 4.69) is 21.2 Å². The SMILES string of the molecule is O=C(CSc1nc2cc(C(=O)NC[C@@H]3CCCO3)ccc2c(=O)n1Cc1ccco1)c1ccc(Br)cc1. The van der Waals surface area contributed by atoms with Gasteiger partial charge in [0.25, 0.3) is 11.5 Å². The van der Waals surface area contributed by atoms with Gasteiger partial charge in [-0.1, -0.05) is 39.8 Å². The van der Waals surface area contributed by atoms with Crippen LogP contribution in [-0.2, 0) is 11.3 Å². The Morgan fingerprint density at radius 3 is 2.68 bits per heavy atom. The lowest BCUT2D eigenvalue weighted by atomic mass is 10.1. The number of benzene rings is 2. The number of aromatic nitrogens is 2. The van der Waals surface area contributed by atoms with E-state index in [-0.39, 0.29) is 35.7 Å². The van der Waals surface area contributed by atoms with Crippen LogP contribution in [0.3, 0.4) is 0 Å². The minimum Gasteiger partial charge on any atom is -0.467 e. The molecule has 190 valence electrons. The monoisotopic (exact) mass is 581 g/mol. The number of furan rings is 1. The second-order valence-corrected chi connectivity index (χ2v) is 10.5. The van der Waals surface area contributed by atoms with E-state index in [4.69, 9.17) is 14.1 Å². The molecule has 8 nitrogen and oxygen atoms in total. The van der Waals surface area contributed by atoms with E-state index in [1.54, 1.807) is 48.7 Å². The van der Waals surface area contributed by atoms with Crippen LogP contribution in [0.2, 0.25) is 0 Å². The highest BCUT2D eigenvalue weighted by atomic mass is 79.9. The Kier molecular flexibility index (Phi) is 7.87. The summed E-state index contributed by atoms with van der Waals surface area (Å²) in [5.41, 5.74) is 1.10. The van der Waals surface area contributed by atoms with Gasteiger partial charge in [0.2, 0.25) is 0 Å².